The monoisotopic (exact) mass is 179 g/mol. The van der Waals surface area contributed by atoms with E-state index in [1.54, 1.807) is 19.1 Å². The molecular weight excluding hydrogens is 170 g/mol. The molecule has 4 nitrogen and oxygen atoms in total. The van der Waals surface area contributed by atoms with Gasteiger partial charge in [-0.3, -0.25) is 14.6 Å². The number of carboxylic acid groups (broad SMARTS) is 1. The van der Waals surface area contributed by atoms with E-state index in [9.17, 15) is 9.59 Å². The molecule has 1 N–H and O–H groups in total. The molecule has 0 fully saturated rings. The predicted molar refractivity (Wildman–Crippen MR) is 45.6 cm³/mol. The average Bonchev–Trinajstić information content (AvgIpc) is 2.03. The molecule has 0 aromatic carbocycles. The first-order chi connectivity index (χ1) is 6.09. The molecule has 1 rings (SSSR count). The lowest BCUT2D eigenvalue weighted by Crippen LogP contribution is -2.08. The minimum absolute atomic E-state index is 0.211. The highest BCUT2D eigenvalue weighted by atomic mass is 16.4. The molecule has 1 aromatic heterocycles. The Morgan fingerprint density at radius 3 is 2.69 bits per heavy atom. The summed E-state index contributed by atoms with van der Waals surface area (Å²) < 4.78 is 0. The summed E-state index contributed by atoms with van der Waals surface area (Å²) in [5.41, 5.74) is 0.915. The summed E-state index contributed by atoms with van der Waals surface area (Å²) in [5.74, 6) is -1.59. The topological polar surface area (TPSA) is 67.3 Å². The highest BCUT2D eigenvalue weighted by Gasteiger charge is 2.11. The molecule has 0 saturated heterocycles. The summed E-state index contributed by atoms with van der Waals surface area (Å²) >= 11 is 0. The van der Waals surface area contributed by atoms with Gasteiger partial charge in [-0.2, -0.15) is 0 Å². The van der Waals surface area contributed by atoms with E-state index in [1.807, 2.05) is 0 Å². The first-order valence-corrected chi connectivity index (χ1v) is 3.78. The fraction of sp³-hybridized carbons (Fsp3) is 0.222. The van der Waals surface area contributed by atoms with Crippen molar-refractivity contribution < 1.29 is 14.7 Å². The molecule has 1 aromatic rings. The van der Waals surface area contributed by atoms with Crippen molar-refractivity contribution in [2.24, 2.45) is 0 Å². The van der Waals surface area contributed by atoms with Crippen molar-refractivity contribution in [2.75, 3.05) is 0 Å². The van der Waals surface area contributed by atoms with Crippen molar-refractivity contribution in [1.82, 2.24) is 4.98 Å². The first-order valence-electron chi connectivity index (χ1n) is 3.78. The van der Waals surface area contributed by atoms with Crippen molar-refractivity contribution in [3.63, 3.8) is 0 Å². The Morgan fingerprint density at radius 2 is 2.15 bits per heavy atom. The summed E-state index contributed by atoms with van der Waals surface area (Å²) in [6.07, 6.45) is -0.504. The lowest BCUT2D eigenvalue weighted by molar-refractivity contribution is -0.135. The summed E-state index contributed by atoms with van der Waals surface area (Å²) in [4.78, 5) is 25.3. The molecule has 1 heterocycles. The van der Waals surface area contributed by atoms with Crippen LogP contribution < -0.4 is 0 Å². The van der Waals surface area contributed by atoms with Crippen molar-refractivity contribution in [1.29, 1.82) is 0 Å². The van der Waals surface area contributed by atoms with Gasteiger partial charge in [-0.15, -0.1) is 0 Å². The van der Waals surface area contributed by atoms with Gasteiger partial charge in [0, 0.05) is 5.69 Å². The molecule has 0 aliphatic carbocycles. The number of nitrogens with zero attached hydrogens (tertiary/aromatic N) is 1. The van der Waals surface area contributed by atoms with E-state index in [2.05, 4.69) is 4.98 Å². The fourth-order valence-electron chi connectivity index (χ4n) is 0.926. The van der Waals surface area contributed by atoms with Gasteiger partial charge in [-0.25, -0.2) is 0 Å². The molecule has 0 amide bonds. The van der Waals surface area contributed by atoms with Gasteiger partial charge in [0.1, 0.15) is 12.1 Å². The van der Waals surface area contributed by atoms with Gasteiger partial charge in [-0.1, -0.05) is 6.07 Å². The summed E-state index contributed by atoms with van der Waals surface area (Å²) in [5, 5.41) is 8.37. The summed E-state index contributed by atoms with van der Waals surface area (Å²) in [6, 6.07) is 4.94. The van der Waals surface area contributed by atoms with Gasteiger partial charge in [0.25, 0.3) is 0 Å². The number of hydrogen-bond donors (Lipinski definition) is 1. The van der Waals surface area contributed by atoms with Gasteiger partial charge < -0.3 is 5.11 Å². The Labute approximate surface area is 75.2 Å². The molecule has 0 radical (unpaired) electrons. The molecule has 0 aliphatic heterocycles. The standard InChI is InChI=1S/C9H9NO3/c1-6-3-2-4-7(10-6)8(11)5-9(12)13/h2-4H,5H2,1H3,(H,12,13). The third-order valence-corrected chi connectivity index (χ3v) is 1.49. The van der Waals surface area contributed by atoms with Crippen LogP contribution in [0.25, 0.3) is 0 Å². The molecular formula is C9H9NO3. The third-order valence-electron chi connectivity index (χ3n) is 1.49. The number of hydrogen-bond acceptors (Lipinski definition) is 3. The zero-order valence-electron chi connectivity index (χ0n) is 7.15. The second kappa shape index (κ2) is 3.80. The molecule has 0 spiro atoms. The number of pyridine rings is 1. The summed E-state index contributed by atoms with van der Waals surface area (Å²) in [6.45, 7) is 1.75. The number of carbonyl (C=O) groups excluding carboxylic acids is 1. The molecule has 0 unspecified atom stereocenters. The molecule has 4 heteroatoms. The summed E-state index contributed by atoms with van der Waals surface area (Å²) in [7, 11) is 0. The number of rotatable bonds is 3. The van der Waals surface area contributed by atoms with Crippen LogP contribution in [0.5, 0.6) is 0 Å². The van der Waals surface area contributed by atoms with Crippen LogP contribution in [-0.4, -0.2) is 21.8 Å². The Balaban J connectivity index is 2.83. The fourth-order valence-corrected chi connectivity index (χ4v) is 0.926. The Morgan fingerprint density at radius 1 is 1.46 bits per heavy atom. The zero-order valence-corrected chi connectivity index (χ0v) is 7.15. The maximum Gasteiger partial charge on any atom is 0.311 e. The minimum Gasteiger partial charge on any atom is -0.481 e. The van der Waals surface area contributed by atoms with Crippen molar-refractivity contribution in [3.8, 4) is 0 Å². The van der Waals surface area contributed by atoms with Crippen molar-refractivity contribution >= 4 is 11.8 Å². The number of Topliss-reactive ketones (excluding diaryl/α,β-unsaturated/α-hetero) is 1. The molecule has 0 atom stereocenters. The smallest absolute Gasteiger partial charge is 0.311 e. The van der Waals surface area contributed by atoms with Gasteiger partial charge in [0.15, 0.2) is 5.78 Å². The van der Waals surface area contributed by atoms with E-state index in [0.717, 1.165) is 0 Å². The number of aromatic nitrogens is 1. The van der Waals surface area contributed by atoms with Crippen LogP contribution in [0.4, 0.5) is 0 Å². The van der Waals surface area contributed by atoms with E-state index in [1.165, 1.54) is 6.07 Å². The lowest BCUT2D eigenvalue weighted by atomic mass is 10.2. The molecule has 0 aliphatic rings. The lowest BCUT2D eigenvalue weighted by Gasteiger charge is -1.97. The van der Waals surface area contributed by atoms with Crippen LogP contribution in [-0.2, 0) is 4.79 Å². The zero-order chi connectivity index (χ0) is 9.84. The van der Waals surface area contributed by atoms with Crippen LogP contribution in [0.15, 0.2) is 18.2 Å². The Kier molecular flexibility index (Phi) is 2.74. The first kappa shape index (κ1) is 9.38. The van der Waals surface area contributed by atoms with E-state index in [0.29, 0.717) is 5.69 Å². The quantitative estimate of drug-likeness (QED) is 0.556. The highest BCUT2D eigenvalue weighted by molar-refractivity contribution is 6.04. The van der Waals surface area contributed by atoms with Gasteiger partial charge in [0.2, 0.25) is 0 Å². The average molecular weight is 179 g/mol. The highest BCUT2D eigenvalue weighted by Crippen LogP contribution is 2.01. The Bertz CT molecular complexity index is 346. The molecule has 13 heavy (non-hydrogen) atoms. The number of aliphatic carboxylic acids is 1. The normalized spacial score (nSPS) is 9.62. The van der Waals surface area contributed by atoms with Crippen molar-refractivity contribution in [2.45, 2.75) is 13.3 Å². The number of carbonyl (C=O) groups is 2. The van der Waals surface area contributed by atoms with Crippen molar-refractivity contribution in [3.05, 3.63) is 29.6 Å². The minimum atomic E-state index is -1.13. The van der Waals surface area contributed by atoms with Crippen LogP contribution in [0.3, 0.4) is 0 Å². The van der Waals surface area contributed by atoms with Gasteiger partial charge in [0.05, 0.1) is 0 Å². The Hall–Kier alpha value is -1.71. The van der Waals surface area contributed by atoms with Gasteiger partial charge >= 0.3 is 5.97 Å². The van der Waals surface area contributed by atoms with Crippen LogP contribution in [0.1, 0.15) is 22.6 Å². The second-order valence-electron chi connectivity index (χ2n) is 2.66. The predicted octanol–water partition coefficient (Wildman–Crippen LogP) is 1.05. The second-order valence-corrected chi connectivity index (χ2v) is 2.66. The number of ketones is 1. The van der Waals surface area contributed by atoms with Crippen LogP contribution in [0.2, 0.25) is 0 Å². The van der Waals surface area contributed by atoms with Crippen LogP contribution >= 0.6 is 0 Å². The van der Waals surface area contributed by atoms with Gasteiger partial charge in [-0.05, 0) is 19.1 Å². The largest absolute Gasteiger partial charge is 0.481 e. The number of aryl methyl sites for hydroxylation is 1. The van der Waals surface area contributed by atoms with E-state index < -0.39 is 18.2 Å². The van der Waals surface area contributed by atoms with E-state index >= 15 is 0 Å². The van der Waals surface area contributed by atoms with E-state index in [4.69, 9.17) is 5.11 Å². The SMILES string of the molecule is Cc1cccc(C(=O)CC(=O)O)n1. The third kappa shape index (κ3) is 2.66. The van der Waals surface area contributed by atoms with Crippen LogP contribution in [0, 0.1) is 6.92 Å². The number of carboxylic acids is 1. The molecule has 68 valence electrons. The maximum atomic E-state index is 11.2. The van der Waals surface area contributed by atoms with E-state index in [-0.39, 0.29) is 5.69 Å². The molecule has 0 saturated carbocycles. The molecule has 0 bridgehead atoms. The maximum absolute atomic E-state index is 11.2.